The molecular weight excluding hydrogens is 339 g/mol. The number of benzene rings is 1. The number of nitrogen functional groups attached to an aromatic ring is 1. The van der Waals surface area contributed by atoms with E-state index in [1.165, 1.54) is 16.8 Å². The standard InChI is InChI=1S/C12H11Cl3N4O2/c13-5-3-6(14)10(7(15)4-5)19-11(16)9(12(17)21)8(18-19)1-2-20/h3-4,20H,1-2,16H2,(H2,17,21). The quantitative estimate of drug-likeness (QED) is 0.785. The first-order valence-corrected chi connectivity index (χ1v) is 6.93. The number of carbonyl (C=O) groups is 1. The molecule has 0 radical (unpaired) electrons. The van der Waals surface area contributed by atoms with Gasteiger partial charge in [-0.15, -0.1) is 0 Å². The summed E-state index contributed by atoms with van der Waals surface area (Å²) in [6, 6.07) is 2.95. The molecule has 9 heteroatoms. The van der Waals surface area contributed by atoms with Crippen LogP contribution in [0.2, 0.25) is 15.1 Å². The predicted molar refractivity (Wildman–Crippen MR) is 82.3 cm³/mol. The molecule has 5 N–H and O–H groups in total. The lowest BCUT2D eigenvalue weighted by Crippen LogP contribution is -2.15. The number of aromatic nitrogens is 2. The van der Waals surface area contributed by atoms with E-state index in [1.807, 2.05) is 0 Å². The van der Waals surface area contributed by atoms with E-state index >= 15 is 0 Å². The maximum Gasteiger partial charge on any atom is 0.254 e. The van der Waals surface area contributed by atoms with Crippen LogP contribution in [0.3, 0.4) is 0 Å². The van der Waals surface area contributed by atoms with Crippen LogP contribution in [0.1, 0.15) is 16.1 Å². The number of aliphatic hydroxyl groups is 1. The topological polar surface area (TPSA) is 107 Å². The largest absolute Gasteiger partial charge is 0.396 e. The lowest BCUT2D eigenvalue weighted by Gasteiger charge is -2.09. The van der Waals surface area contributed by atoms with Gasteiger partial charge in [-0.3, -0.25) is 4.79 Å². The average Bonchev–Trinajstić information content (AvgIpc) is 2.65. The molecule has 0 saturated heterocycles. The minimum atomic E-state index is -0.747. The second-order valence-corrected chi connectivity index (χ2v) is 5.43. The summed E-state index contributed by atoms with van der Waals surface area (Å²) in [5, 5.41) is 14.0. The maximum atomic E-state index is 11.5. The van der Waals surface area contributed by atoms with Crippen molar-refractivity contribution in [2.24, 2.45) is 5.73 Å². The van der Waals surface area contributed by atoms with Crippen LogP contribution >= 0.6 is 34.8 Å². The Balaban J connectivity index is 2.71. The average molecular weight is 350 g/mol. The fraction of sp³-hybridized carbons (Fsp3) is 0.167. The van der Waals surface area contributed by atoms with Gasteiger partial charge in [0, 0.05) is 18.1 Å². The highest BCUT2D eigenvalue weighted by molar-refractivity contribution is 6.40. The Labute approximate surface area is 135 Å². The number of amides is 1. The van der Waals surface area contributed by atoms with Crippen molar-refractivity contribution in [3.8, 4) is 5.69 Å². The second kappa shape index (κ2) is 6.11. The Bertz CT molecular complexity index is 692. The first-order valence-electron chi connectivity index (χ1n) is 5.79. The molecule has 1 aromatic heterocycles. The Hall–Kier alpha value is -1.47. The molecule has 2 rings (SSSR count). The zero-order chi connectivity index (χ0) is 15.7. The van der Waals surface area contributed by atoms with Crippen molar-refractivity contribution in [3.05, 3.63) is 38.5 Å². The van der Waals surface area contributed by atoms with Gasteiger partial charge in [0.2, 0.25) is 0 Å². The van der Waals surface area contributed by atoms with E-state index in [-0.39, 0.29) is 45.8 Å². The summed E-state index contributed by atoms with van der Waals surface area (Å²) < 4.78 is 1.21. The van der Waals surface area contributed by atoms with Crippen molar-refractivity contribution in [2.45, 2.75) is 6.42 Å². The molecule has 0 aliphatic heterocycles. The van der Waals surface area contributed by atoms with Crippen molar-refractivity contribution in [2.75, 3.05) is 12.3 Å². The molecule has 112 valence electrons. The fourth-order valence-electron chi connectivity index (χ4n) is 1.94. The Morgan fingerprint density at radius 2 is 1.86 bits per heavy atom. The van der Waals surface area contributed by atoms with Gasteiger partial charge in [-0.1, -0.05) is 34.8 Å². The maximum absolute atomic E-state index is 11.5. The predicted octanol–water partition coefficient (Wildman–Crippen LogP) is 2.05. The molecule has 0 unspecified atom stereocenters. The summed E-state index contributed by atoms with van der Waals surface area (Å²) in [6.45, 7) is -0.210. The summed E-state index contributed by atoms with van der Waals surface area (Å²) in [4.78, 5) is 11.5. The molecule has 2 aromatic rings. The molecule has 0 atom stereocenters. The zero-order valence-corrected chi connectivity index (χ0v) is 12.9. The van der Waals surface area contributed by atoms with Crippen LogP contribution in [0.5, 0.6) is 0 Å². The van der Waals surface area contributed by atoms with Gasteiger partial charge in [0.1, 0.15) is 17.1 Å². The SMILES string of the molecule is NC(=O)c1c(CCO)nn(-c2c(Cl)cc(Cl)cc2Cl)c1N. The molecule has 1 heterocycles. The molecule has 0 spiro atoms. The first-order chi connectivity index (χ1) is 9.86. The lowest BCUT2D eigenvalue weighted by atomic mass is 10.2. The molecule has 6 nitrogen and oxygen atoms in total. The van der Waals surface area contributed by atoms with Crippen LogP contribution in [0.15, 0.2) is 12.1 Å². The molecule has 0 aliphatic carbocycles. The summed E-state index contributed by atoms with van der Waals surface area (Å²) >= 11 is 18.1. The number of halogens is 3. The molecule has 0 bridgehead atoms. The first kappa shape index (κ1) is 15.9. The summed E-state index contributed by atoms with van der Waals surface area (Å²) in [6.07, 6.45) is 0.123. The third-order valence-corrected chi connectivity index (χ3v) is 3.58. The number of aliphatic hydroxyl groups excluding tert-OH is 1. The van der Waals surface area contributed by atoms with Crippen molar-refractivity contribution >= 4 is 46.5 Å². The van der Waals surface area contributed by atoms with E-state index < -0.39 is 5.91 Å². The number of carbonyl (C=O) groups excluding carboxylic acids is 1. The number of nitrogens with two attached hydrogens (primary N) is 2. The summed E-state index contributed by atoms with van der Waals surface area (Å²) in [5.74, 6) is -0.750. The molecular formula is C12H11Cl3N4O2. The van der Waals surface area contributed by atoms with Crippen LogP contribution in [-0.2, 0) is 6.42 Å². The highest BCUT2D eigenvalue weighted by Crippen LogP contribution is 2.34. The van der Waals surface area contributed by atoms with Crippen LogP contribution in [0.4, 0.5) is 5.82 Å². The second-order valence-electron chi connectivity index (χ2n) is 4.17. The third-order valence-electron chi connectivity index (χ3n) is 2.78. The molecule has 0 saturated carbocycles. The van der Waals surface area contributed by atoms with Gasteiger partial charge in [-0.2, -0.15) is 5.10 Å². The van der Waals surface area contributed by atoms with Gasteiger partial charge in [0.05, 0.1) is 15.7 Å². The smallest absolute Gasteiger partial charge is 0.254 e. The van der Waals surface area contributed by atoms with Crippen LogP contribution < -0.4 is 11.5 Å². The van der Waals surface area contributed by atoms with Crippen molar-refractivity contribution in [3.63, 3.8) is 0 Å². The van der Waals surface area contributed by atoms with Gasteiger partial charge in [0.15, 0.2) is 0 Å². The van der Waals surface area contributed by atoms with Gasteiger partial charge < -0.3 is 16.6 Å². The fourth-order valence-corrected chi connectivity index (χ4v) is 2.91. The van der Waals surface area contributed by atoms with Gasteiger partial charge in [-0.05, 0) is 12.1 Å². The summed E-state index contributed by atoms with van der Waals surface area (Å²) in [7, 11) is 0. The number of primary amides is 1. The highest BCUT2D eigenvalue weighted by Gasteiger charge is 2.23. The normalized spacial score (nSPS) is 10.9. The Morgan fingerprint density at radius 1 is 1.29 bits per heavy atom. The van der Waals surface area contributed by atoms with Crippen LogP contribution in [-0.4, -0.2) is 27.4 Å². The number of rotatable bonds is 4. The van der Waals surface area contributed by atoms with Crippen molar-refractivity contribution in [1.29, 1.82) is 0 Å². The Kier molecular flexibility index (Phi) is 4.63. The van der Waals surface area contributed by atoms with Crippen molar-refractivity contribution in [1.82, 2.24) is 9.78 Å². The van der Waals surface area contributed by atoms with E-state index in [1.54, 1.807) is 0 Å². The van der Waals surface area contributed by atoms with E-state index in [0.29, 0.717) is 5.02 Å². The number of nitrogens with zero attached hydrogens (tertiary/aromatic N) is 2. The van der Waals surface area contributed by atoms with Gasteiger partial charge in [0.25, 0.3) is 5.91 Å². The summed E-state index contributed by atoms with van der Waals surface area (Å²) in [5.41, 5.74) is 11.8. The number of anilines is 1. The lowest BCUT2D eigenvalue weighted by molar-refractivity contribution is 0.1000. The van der Waals surface area contributed by atoms with E-state index in [4.69, 9.17) is 51.4 Å². The molecule has 1 aromatic carbocycles. The van der Waals surface area contributed by atoms with E-state index in [2.05, 4.69) is 5.10 Å². The molecule has 21 heavy (non-hydrogen) atoms. The monoisotopic (exact) mass is 348 g/mol. The van der Waals surface area contributed by atoms with Crippen LogP contribution in [0.25, 0.3) is 5.69 Å². The minimum absolute atomic E-state index is 0.00271. The highest BCUT2D eigenvalue weighted by atomic mass is 35.5. The van der Waals surface area contributed by atoms with E-state index in [0.717, 1.165) is 0 Å². The van der Waals surface area contributed by atoms with E-state index in [9.17, 15) is 4.79 Å². The van der Waals surface area contributed by atoms with Crippen molar-refractivity contribution < 1.29 is 9.90 Å². The Morgan fingerprint density at radius 3 is 2.33 bits per heavy atom. The number of hydrogen-bond acceptors (Lipinski definition) is 4. The zero-order valence-electron chi connectivity index (χ0n) is 10.6. The third kappa shape index (κ3) is 2.94. The molecule has 0 aliphatic rings. The molecule has 0 fully saturated rings. The minimum Gasteiger partial charge on any atom is -0.396 e. The van der Waals surface area contributed by atoms with Crippen LogP contribution in [0, 0.1) is 0 Å². The van der Waals surface area contributed by atoms with Gasteiger partial charge >= 0.3 is 0 Å². The number of hydrogen-bond donors (Lipinski definition) is 3. The molecule has 1 amide bonds. The van der Waals surface area contributed by atoms with Gasteiger partial charge in [-0.25, -0.2) is 4.68 Å².